The third-order valence-electron chi connectivity index (χ3n) is 3.05. The molecule has 2 atom stereocenters. The molecule has 0 aromatic carbocycles. The van der Waals surface area contributed by atoms with Gasteiger partial charge in [0.15, 0.2) is 0 Å². The molecule has 1 aromatic rings. The molecule has 2 N–H and O–H groups in total. The van der Waals surface area contributed by atoms with Crippen LogP contribution < -0.4 is 5.32 Å². The fourth-order valence-electron chi connectivity index (χ4n) is 2.09. The first-order valence-electron chi connectivity index (χ1n) is 5.65. The molecule has 0 spiro atoms. The third-order valence-corrected chi connectivity index (χ3v) is 3.48. The minimum Gasteiger partial charge on any atom is -0.393 e. The second-order valence-electron chi connectivity index (χ2n) is 4.22. The minimum absolute atomic E-state index is 0.161. The van der Waals surface area contributed by atoms with E-state index in [2.05, 4.69) is 31.2 Å². The summed E-state index contributed by atoms with van der Waals surface area (Å²) in [7, 11) is 0. The summed E-state index contributed by atoms with van der Waals surface area (Å²) < 4.78 is 0.772. The Morgan fingerprint density at radius 1 is 1.38 bits per heavy atom. The summed E-state index contributed by atoms with van der Waals surface area (Å²) >= 11 is 3.30. The Labute approximate surface area is 104 Å². The molecule has 4 nitrogen and oxygen atoms in total. The smallest absolute Gasteiger partial charge is 0.130 e. The topological polar surface area (TPSA) is 58.0 Å². The Morgan fingerprint density at radius 3 is 2.94 bits per heavy atom. The number of hydrogen-bond acceptors (Lipinski definition) is 4. The zero-order valence-electron chi connectivity index (χ0n) is 9.06. The number of anilines is 1. The van der Waals surface area contributed by atoms with Crippen molar-refractivity contribution in [3.05, 3.63) is 17.0 Å². The second-order valence-corrected chi connectivity index (χ2v) is 5.03. The van der Waals surface area contributed by atoms with Crippen molar-refractivity contribution in [3.63, 3.8) is 0 Å². The van der Waals surface area contributed by atoms with Gasteiger partial charge in [0.25, 0.3) is 0 Å². The lowest BCUT2D eigenvalue weighted by atomic mass is 9.86. The summed E-state index contributed by atoms with van der Waals surface area (Å²) in [5, 5.41) is 13.1. The van der Waals surface area contributed by atoms with Gasteiger partial charge in [0.05, 0.1) is 6.10 Å². The minimum atomic E-state index is -0.161. The maximum atomic E-state index is 9.82. The number of aliphatic hydroxyl groups is 1. The van der Waals surface area contributed by atoms with Crippen molar-refractivity contribution >= 4 is 21.7 Å². The van der Waals surface area contributed by atoms with Gasteiger partial charge in [-0.15, -0.1) is 0 Å². The molecule has 1 aromatic heterocycles. The molecule has 2 rings (SSSR count). The Kier molecular flexibility index (Phi) is 4.12. The molecule has 1 aliphatic carbocycles. The van der Waals surface area contributed by atoms with Gasteiger partial charge in [-0.2, -0.15) is 0 Å². The highest BCUT2D eigenvalue weighted by Crippen LogP contribution is 2.24. The average Bonchev–Trinajstić information content (AvgIpc) is 2.28. The van der Waals surface area contributed by atoms with Crippen LogP contribution in [0.3, 0.4) is 0 Å². The van der Waals surface area contributed by atoms with Crippen LogP contribution in [0.15, 0.2) is 17.0 Å². The van der Waals surface area contributed by atoms with Gasteiger partial charge >= 0.3 is 0 Å². The van der Waals surface area contributed by atoms with Gasteiger partial charge in [-0.25, -0.2) is 9.97 Å². The van der Waals surface area contributed by atoms with E-state index in [0.717, 1.165) is 36.2 Å². The summed E-state index contributed by atoms with van der Waals surface area (Å²) in [5.74, 6) is 1.15. The van der Waals surface area contributed by atoms with Crippen LogP contribution in [0.5, 0.6) is 0 Å². The maximum Gasteiger partial charge on any atom is 0.130 e. The number of aliphatic hydroxyl groups excluding tert-OH is 1. The van der Waals surface area contributed by atoms with Gasteiger partial charge in [-0.3, -0.25) is 0 Å². The number of hydrogen-bond donors (Lipinski definition) is 2. The van der Waals surface area contributed by atoms with E-state index in [-0.39, 0.29) is 6.10 Å². The normalized spacial score (nSPS) is 25.4. The second kappa shape index (κ2) is 5.59. The van der Waals surface area contributed by atoms with Crippen molar-refractivity contribution in [2.45, 2.75) is 31.8 Å². The standard InChI is InChI=1S/C11H16BrN3O/c12-10-5-11(15-7-14-10)13-6-8-3-1-2-4-9(8)16/h5,7-9,16H,1-4,6H2,(H,13,14,15). The molecule has 0 amide bonds. The highest BCUT2D eigenvalue weighted by molar-refractivity contribution is 9.10. The van der Waals surface area contributed by atoms with E-state index in [0.29, 0.717) is 5.92 Å². The zero-order chi connectivity index (χ0) is 11.4. The first-order chi connectivity index (χ1) is 7.75. The summed E-state index contributed by atoms with van der Waals surface area (Å²) in [6.07, 6.45) is 5.75. The summed E-state index contributed by atoms with van der Waals surface area (Å²) in [6.45, 7) is 0.782. The van der Waals surface area contributed by atoms with Gasteiger partial charge in [0.2, 0.25) is 0 Å². The third kappa shape index (κ3) is 3.15. The molecule has 1 fully saturated rings. The van der Waals surface area contributed by atoms with Crippen LogP contribution in [0, 0.1) is 5.92 Å². The molecular weight excluding hydrogens is 270 g/mol. The summed E-state index contributed by atoms with van der Waals surface area (Å²) in [6, 6.07) is 1.84. The zero-order valence-corrected chi connectivity index (χ0v) is 10.7. The van der Waals surface area contributed by atoms with E-state index >= 15 is 0 Å². The lowest BCUT2D eigenvalue weighted by molar-refractivity contribution is 0.0763. The lowest BCUT2D eigenvalue weighted by Gasteiger charge is -2.27. The molecule has 0 saturated heterocycles. The molecule has 0 aliphatic heterocycles. The van der Waals surface area contributed by atoms with Crippen molar-refractivity contribution in [2.24, 2.45) is 5.92 Å². The van der Waals surface area contributed by atoms with Crippen molar-refractivity contribution in [3.8, 4) is 0 Å². The molecule has 0 bridgehead atoms. The van der Waals surface area contributed by atoms with E-state index in [9.17, 15) is 5.11 Å². The highest BCUT2D eigenvalue weighted by atomic mass is 79.9. The number of nitrogens with zero attached hydrogens (tertiary/aromatic N) is 2. The Hall–Kier alpha value is -0.680. The van der Waals surface area contributed by atoms with Gasteiger partial charge in [0, 0.05) is 18.5 Å². The van der Waals surface area contributed by atoms with Crippen molar-refractivity contribution in [1.82, 2.24) is 9.97 Å². The SMILES string of the molecule is OC1CCCCC1CNc1cc(Br)ncn1. The van der Waals surface area contributed by atoms with Crippen molar-refractivity contribution < 1.29 is 5.11 Å². The molecule has 2 unspecified atom stereocenters. The molecule has 1 heterocycles. The maximum absolute atomic E-state index is 9.82. The predicted molar refractivity (Wildman–Crippen MR) is 66.2 cm³/mol. The fourth-order valence-corrected chi connectivity index (χ4v) is 2.40. The van der Waals surface area contributed by atoms with E-state index in [1.807, 2.05) is 6.07 Å². The average molecular weight is 286 g/mol. The molecule has 0 radical (unpaired) electrons. The van der Waals surface area contributed by atoms with Crippen molar-refractivity contribution in [2.75, 3.05) is 11.9 Å². The predicted octanol–water partition coefficient (Wildman–Crippen LogP) is 2.20. The molecule has 16 heavy (non-hydrogen) atoms. The summed E-state index contributed by atoms with van der Waals surface area (Å²) in [5.41, 5.74) is 0. The van der Waals surface area contributed by atoms with Gasteiger partial charge < -0.3 is 10.4 Å². The molecule has 1 aliphatic rings. The Morgan fingerprint density at radius 2 is 2.19 bits per heavy atom. The Balaban J connectivity index is 1.86. The Bertz CT molecular complexity index is 348. The van der Waals surface area contributed by atoms with Crippen LogP contribution in [0.4, 0.5) is 5.82 Å². The highest BCUT2D eigenvalue weighted by Gasteiger charge is 2.22. The first-order valence-corrected chi connectivity index (χ1v) is 6.44. The van der Waals surface area contributed by atoms with Crippen LogP contribution in [-0.4, -0.2) is 27.7 Å². The van der Waals surface area contributed by atoms with Crippen LogP contribution >= 0.6 is 15.9 Å². The van der Waals surface area contributed by atoms with Gasteiger partial charge in [-0.1, -0.05) is 12.8 Å². The number of aromatic nitrogens is 2. The molecule has 5 heteroatoms. The van der Waals surface area contributed by atoms with Gasteiger partial charge in [0.1, 0.15) is 16.7 Å². The van der Waals surface area contributed by atoms with E-state index in [4.69, 9.17) is 0 Å². The number of nitrogens with one attached hydrogen (secondary N) is 1. The summed E-state index contributed by atoms with van der Waals surface area (Å²) in [4.78, 5) is 8.08. The fraction of sp³-hybridized carbons (Fsp3) is 0.636. The largest absolute Gasteiger partial charge is 0.393 e. The van der Waals surface area contributed by atoms with E-state index < -0.39 is 0 Å². The number of rotatable bonds is 3. The number of halogens is 1. The first kappa shape index (κ1) is 11.8. The molecule has 88 valence electrons. The van der Waals surface area contributed by atoms with Crippen LogP contribution in [0.1, 0.15) is 25.7 Å². The van der Waals surface area contributed by atoms with E-state index in [1.165, 1.54) is 12.7 Å². The van der Waals surface area contributed by atoms with Crippen LogP contribution in [0.25, 0.3) is 0 Å². The lowest BCUT2D eigenvalue weighted by Crippen LogP contribution is -2.30. The quantitative estimate of drug-likeness (QED) is 0.836. The molecular formula is C11H16BrN3O. The van der Waals surface area contributed by atoms with Crippen LogP contribution in [0.2, 0.25) is 0 Å². The monoisotopic (exact) mass is 285 g/mol. The van der Waals surface area contributed by atoms with Gasteiger partial charge in [-0.05, 0) is 28.8 Å². The van der Waals surface area contributed by atoms with Crippen molar-refractivity contribution in [1.29, 1.82) is 0 Å². The van der Waals surface area contributed by atoms with E-state index in [1.54, 1.807) is 0 Å². The molecule has 1 saturated carbocycles. The van der Waals surface area contributed by atoms with Crippen LogP contribution in [-0.2, 0) is 0 Å².